The Bertz CT molecular complexity index is 742. The maximum Gasteiger partial charge on any atom is 0.0217 e. The van der Waals surface area contributed by atoms with Crippen LogP contribution in [0.2, 0.25) is 0 Å². The van der Waals surface area contributed by atoms with Crippen molar-refractivity contribution in [1.82, 2.24) is 10.6 Å². The van der Waals surface area contributed by atoms with Crippen molar-refractivity contribution in [2.24, 2.45) is 5.73 Å². The summed E-state index contributed by atoms with van der Waals surface area (Å²) < 4.78 is 0. The van der Waals surface area contributed by atoms with E-state index in [0.717, 1.165) is 45.6 Å². The summed E-state index contributed by atoms with van der Waals surface area (Å²) in [5, 5.41) is 12.4. The van der Waals surface area contributed by atoms with E-state index in [2.05, 4.69) is 65.2 Å². The van der Waals surface area contributed by atoms with Crippen LogP contribution in [0.15, 0.2) is 54.6 Å². The smallest absolute Gasteiger partial charge is 0.0217 e. The van der Waals surface area contributed by atoms with Crippen LogP contribution in [0.3, 0.4) is 0 Å². The lowest BCUT2D eigenvalue weighted by Gasteiger charge is -2.13. The monoisotopic (exact) mass is 429 g/mol. The second kappa shape index (κ2) is 14.0. The van der Waals surface area contributed by atoms with Gasteiger partial charge in [0.05, 0.1) is 0 Å². The lowest BCUT2D eigenvalue weighted by Crippen LogP contribution is -2.23. The Kier molecular flexibility index (Phi) is 13.4. The molecule has 0 unspecified atom stereocenters. The maximum atomic E-state index is 5.49. The molecule has 0 aliphatic rings. The number of benzene rings is 3. The van der Waals surface area contributed by atoms with Crippen LogP contribution in [-0.2, 0) is 6.54 Å². The third kappa shape index (κ3) is 7.11. The van der Waals surface area contributed by atoms with Crippen LogP contribution in [0.5, 0.6) is 0 Å². The Morgan fingerprint density at radius 2 is 1.19 bits per heavy atom. The zero-order valence-electron chi connectivity index (χ0n) is 15.4. The van der Waals surface area contributed by atoms with Gasteiger partial charge in [0, 0.05) is 6.54 Å². The molecule has 6 heteroatoms. The molecule has 3 aromatic carbocycles. The van der Waals surface area contributed by atoms with Gasteiger partial charge >= 0.3 is 0 Å². The molecule has 3 rings (SSSR count). The summed E-state index contributed by atoms with van der Waals surface area (Å²) in [6, 6.07) is 19.6. The van der Waals surface area contributed by atoms with Gasteiger partial charge in [0.15, 0.2) is 0 Å². The van der Waals surface area contributed by atoms with Crippen LogP contribution in [0.4, 0.5) is 0 Å². The van der Waals surface area contributed by atoms with E-state index in [9.17, 15) is 0 Å². The highest BCUT2D eigenvalue weighted by Crippen LogP contribution is 2.28. The molecular formula is C21H30Cl3N3. The predicted molar refractivity (Wildman–Crippen MR) is 126 cm³/mol. The molecule has 0 aliphatic heterocycles. The van der Waals surface area contributed by atoms with Gasteiger partial charge in [0.25, 0.3) is 0 Å². The molecule has 0 amide bonds. The average molecular weight is 431 g/mol. The SMILES string of the molecule is Cl.Cl.Cl.NCCCNCCCNCc1c2ccccc2cc2ccccc12. The van der Waals surface area contributed by atoms with Gasteiger partial charge in [-0.1, -0.05) is 48.5 Å². The Morgan fingerprint density at radius 1 is 0.667 bits per heavy atom. The summed E-state index contributed by atoms with van der Waals surface area (Å²) in [4.78, 5) is 0. The van der Waals surface area contributed by atoms with Gasteiger partial charge < -0.3 is 16.4 Å². The minimum absolute atomic E-state index is 0. The summed E-state index contributed by atoms with van der Waals surface area (Å²) in [7, 11) is 0. The largest absolute Gasteiger partial charge is 0.330 e. The van der Waals surface area contributed by atoms with E-state index in [1.54, 1.807) is 0 Å². The van der Waals surface area contributed by atoms with Crippen LogP contribution >= 0.6 is 37.2 Å². The first-order chi connectivity index (χ1) is 11.9. The van der Waals surface area contributed by atoms with Gasteiger partial charge in [0.1, 0.15) is 0 Å². The summed E-state index contributed by atoms with van der Waals surface area (Å²) in [6.45, 7) is 4.75. The van der Waals surface area contributed by atoms with E-state index < -0.39 is 0 Å². The summed E-state index contributed by atoms with van der Waals surface area (Å²) in [5.41, 5.74) is 6.90. The molecule has 0 atom stereocenters. The van der Waals surface area contributed by atoms with E-state index >= 15 is 0 Å². The number of nitrogens with two attached hydrogens (primary N) is 1. The molecule has 27 heavy (non-hydrogen) atoms. The Hall–Kier alpha value is -1.07. The molecular weight excluding hydrogens is 401 g/mol. The van der Waals surface area contributed by atoms with Gasteiger partial charge in [0.2, 0.25) is 0 Å². The molecule has 0 saturated heterocycles. The molecule has 0 saturated carbocycles. The Labute approximate surface area is 180 Å². The lowest BCUT2D eigenvalue weighted by molar-refractivity contribution is 0.588. The molecule has 4 N–H and O–H groups in total. The van der Waals surface area contributed by atoms with Crippen LogP contribution in [0.25, 0.3) is 21.5 Å². The van der Waals surface area contributed by atoms with Crippen molar-refractivity contribution < 1.29 is 0 Å². The van der Waals surface area contributed by atoms with Crippen molar-refractivity contribution in [2.75, 3.05) is 26.2 Å². The first-order valence-electron chi connectivity index (χ1n) is 8.91. The van der Waals surface area contributed by atoms with Gasteiger partial charge in [-0.2, -0.15) is 0 Å². The molecule has 0 bridgehead atoms. The van der Waals surface area contributed by atoms with Crippen molar-refractivity contribution in [3.8, 4) is 0 Å². The third-order valence-electron chi connectivity index (χ3n) is 4.45. The van der Waals surface area contributed by atoms with Crippen molar-refractivity contribution in [1.29, 1.82) is 0 Å². The molecule has 3 nitrogen and oxygen atoms in total. The van der Waals surface area contributed by atoms with Crippen LogP contribution in [0, 0.1) is 0 Å². The molecule has 3 aromatic rings. The van der Waals surface area contributed by atoms with Gasteiger partial charge in [-0.25, -0.2) is 0 Å². The Morgan fingerprint density at radius 3 is 1.78 bits per heavy atom. The molecule has 0 radical (unpaired) electrons. The summed E-state index contributed by atoms with van der Waals surface area (Å²) >= 11 is 0. The van der Waals surface area contributed by atoms with E-state index in [4.69, 9.17) is 5.73 Å². The number of rotatable bonds is 9. The van der Waals surface area contributed by atoms with E-state index in [1.165, 1.54) is 27.1 Å². The number of nitrogens with one attached hydrogen (secondary N) is 2. The van der Waals surface area contributed by atoms with Crippen molar-refractivity contribution in [3.63, 3.8) is 0 Å². The van der Waals surface area contributed by atoms with Crippen molar-refractivity contribution >= 4 is 58.8 Å². The fourth-order valence-electron chi connectivity index (χ4n) is 3.20. The molecule has 0 heterocycles. The lowest BCUT2D eigenvalue weighted by atomic mass is 9.97. The second-order valence-electron chi connectivity index (χ2n) is 6.22. The van der Waals surface area contributed by atoms with E-state index in [1.807, 2.05) is 0 Å². The van der Waals surface area contributed by atoms with E-state index in [0.29, 0.717) is 0 Å². The van der Waals surface area contributed by atoms with Gasteiger partial charge in [-0.15, -0.1) is 37.2 Å². The fourth-order valence-corrected chi connectivity index (χ4v) is 3.20. The highest BCUT2D eigenvalue weighted by atomic mass is 35.5. The third-order valence-corrected chi connectivity index (χ3v) is 4.45. The van der Waals surface area contributed by atoms with Crippen molar-refractivity contribution in [2.45, 2.75) is 19.4 Å². The normalized spacial score (nSPS) is 10.1. The highest BCUT2D eigenvalue weighted by molar-refractivity contribution is 6.02. The summed E-state index contributed by atoms with van der Waals surface area (Å²) in [6.07, 6.45) is 2.18. The first-order valence-corrected chi connectivity index (χ1v) is 8.91. The molecule has 0 spiro atoms. The van der Waals surface area contributed by atoms with Crippen LogP contribution in [0.1, 0.15) is 18.4 Å². The van der Waals surface area contributed by atoms with Gasteiger partial charge in [-0.05, 0) is 72.2 Å². The van der Waals surface area contributed by atoms with Crippen LogP contribution in [-0.4, -0.2) is 26.2 Å². The maximum absolute atomic E-state index is 5.49. The number of hydrogen-bond donors (Lipinski definition) is 3. The number of halogens is 3. The first kappa shape index (κ1) is 25.9. The minimum Gasteiger partial charge on any atom is -0.330 e. The van der Waals surface area contributed by atoms with E-state index in [-0.39, 0.29) is 37.2 Å². The highest BCUT2D eigenvalue weighted by Gasteiger charge is 2.06. The topological polar surface area (TPSA) is 50.1 Å². The number of fused-ring (bicyclic) bond motifs is 2. The quantitative estimate of drug-likeness (QED) is 0.341. The minimum atomic E-state index is 0. The second-order valence-corrected chi connectivity index (χ2v) is 6.22. The zero-order valence-corrected chi connectivity index (χ0v) is 17.9. The zero-order chi connectivity index (χ0) is 16.6. The molecule has 0 aliphatic carbocycles. The predicted octanol–water partition coefficient (Wildman–Crippen LogP) is 4.68. The number of hydrogen-bond acceptors (Lipinski definition) is 3. The fraction of sp³-hybridized carbons (Fsp3) is 0.333. The molecule has 0 aromatic heterocycles. The standard InChI is InChI=1S/C21H27N3.3ClH/c22-11-5-12-23-13-6-14-24-16-21-19-9-3-1-7-17(19)15-18-8-2-4-10-20(18)21;;;/h1-4,7-10,15,23-24H,5-6,11-14,16,22H2;3*1H. The van der Waals surface area contributed by atoms with Crippen molar-refractivity contribution in [3.05, 3.63) is 60.2 Å². The summed E-state index contributed by atoms with van der Waals surface area (Å²) in [5.74, 6) is 0. The Balaban J connectivity index is 0.00000225. The molecule has 150 valence electrons. The molecule has 0 fully saturated rings. The van der Waals surface area contributed by atoms with Gasteiger partial charge in [-0.3, -0.25) is 0 Å². The average Bonchev–Trinajstić information content (AvgIpc) is 2.63. The van der Waals surface area contributed by atoms with Crippen LogP contribution < -0.4 is 16.4 Å².